The number of rotatable bonds is 5. The van der Waals surface area contributed by atoms with Crippen LogP contribution in [-0.2, 0) is 0 Å². The van der Waals surface area contributed by atoms with Crippen LogP contribution < -0.4 is 4.74 Å². The lowest BCUT2D eigenvalue weighted by molar-refractivity contribution is 0.104. The fourth-order valence-electron chi connectivity index (χ4n) is 3.19. The first kappa shape index (κ1) is 17.6. The number of ether oxygens (including phenoxy) is 1. The van der Waals surface area contributed by atoms with Crippen molar-refractivity contribution >= 4 is 22.8 Å². The van der Waals surface area contributed by atoms with Crippen molar-refractivity contribution in [3.63, 3.8) is 0 Å². The molecule has 4 rings (SSSR count). The molecule has 0 aliphatic carbocycles. The number of pyridine rings is 2. The Bertz CT molecular complexity index is 1150. The van der Waals surface area contributed by atoms with Crippen LogP contribution in [0.3, 0.4) is 0 Å². The van der Waals surface area contributed by atoms with Crippen LogP contribution >= 0.6 is 0 Å². The first-order valence-electron chi connectivity index (χ1n) is 8.93. The Morgan fingerprint density at radius 3 is 2.43 bits per heavy atom. The lowest BCUT2D eigenvalue weighted by Gasteiger charge is -2.15. The van der Waals surface area contributed by atoms with Crippen molar-refractivity contribution in [3.05, 3.63) is 96.3 Å². The van der Waals surface area contributed by atoms with Gasteiger partial charge in [0.05, 0.1) is 23.9 Å². The van der Waals surface area contributed by atoms with Gasteiger partial charge in [0, 0.05) is 17.1 Å². The molecular weight excluding hydrogens is 348 g/mol. The molecule has 0 saturated heterocycles. The molecule has 2 aromatic heterocycles. The summed E-state index contributed by atoms with van der Waals surface area (Å²) in [5.41, 5.74) is 3.69. The number of fused-ring (bicyclic) bond motifs is 1. The Hall–Kier alpha value is -3.79. The summed E-state index contributed by atoms with van der Waals surface area (Å²) in [6, 6.07) is 23.2. The van der Waals surface area contributed by atoms with Crippen LogP contribution in [0.25, 0.3) is 28.1 Å². The number of hydrogen-bond acceptors (Lipinski definition) is 4. The van der Waals surface area contributed by atoms with Crippen molar-refractivity contribution in [2.24, 2.45) is 0 Å². The van der Waals surface area contributed by atoms with E-state index in [1.54, 1.807) is 12.3 Å². The average molecular weight is 366 g/mol. The maximum atomic E-state index is 13.2. The monoisotopic (exact) mass is 366 g/mol. The second kappa shape index (κ2) is 7.84. The first-order chi connectivity index (χ1) is 13.8. The zero-order chi connectivity index (χ0) is 19.3. The standard InChI is InChI=1S/C24H18N2O2/c1-28-24-23(21(27)15-14-18-11-7-8-16-25-18)22(17-9-3-2-4-10-17)19-12-5-6-13-20(19)26-24/h2-16H,1H3. The maximum Gasteiger partial charge on any atom is 0.225 e. The lowest BCUT2D eigenvalue weighted by atomic mass is 9.93. The van der Waals surface area contributed by atoms with Crippen LogP contribution in [-0.4, -0.2) is 22.9 Å². The van der Waals surface area contributed by atoms with E-state index in [1.807, 2.05) is 72.8 Å². The van der Waals surface area contributed by atoms with Crippen LogP contribution in [0.1, 0.15) is 16.1 Å². The molecule has 0 spiro atoms. The molecular formula is C24H18N2O2. The minimum absolute atomic E-state index is 0.181. The molecule has 0 saturated carbocycles. The van der Waals surface area contributed by atoms with E-state index in [4.69, 9.17) is 4.74 Å². The fourth-order valence-corrected chi connectivity index (χ4v) is 3.19. The van der Waals surface area contributed by atoms with Gasteiger partial charge in [-0.1, -0.05) is 54.6 Å². The van der Waals surface area contributed by atoms with E-state index in [0.717, 1.165) is 22.0 Å². The molecule has 0 amide bonds. The third kappa shape index (κ3) is 3.40. The molecule has 0 unspecified atom stereocenters. The molecule has 0 N–H and O–H groups in total. The van der Waals surface area contributed by atoms with Gasteiger partial charge in [0.25, 0.3) is 0 Å². The molecule has 0 radical (unpaired) electrons. The number of nitrogens with zero attached hydrogens (tertiary/aromatic N) is 2. The number of para-hydroxylation sites is 1. The van der Waals surface area contributed by atoms with Gasteiger partial charge in [0.2, 0.25) is 5.88 Å². The molecule has 0 atom stereocenters. The Morgan fingerprint density at radius 1 is 0.929 bits per heavy atom. The van der Waals surface area contributed by atoms with E-state index in [9.17, 15) is 4.79 Å². The molecule has 4 heteroatoms. The van der Waals surface area contributed by atoms with E-state index in [0.29, 0.717) is 17.1 Å². The lowest BCUT2D eigenvalue weighted by Crippen LogP contribution is -2.05. The summed E-state index contributed by atoms with van der Waals surface area (Å²) in [6.07, 6.45) is 4.91. The number of ketones is 1. The zero-order valence-electron chi connectivity index (χ0n) is 15.4. The second-order valence-electron chi connectivity index (χ2n) is 6.21. The first-order valence-corrected chi connectivity index (χ1v) is 8.93. The molecule has 2 aromatic carbocycles. The molecule has 0 fully saturated rings. The number of hydrogen-bond donors (Lipinski definition) is 0. The summed E-state index contributed by atoms with van der Waals surface area (Å²) >= 11 is 0. The summed E-state index contributed by atoms with van der Waals surface area (Å²) in [4.78, 5) is 22.0. The molecule has 28 heavy (non-hydrogen) atoms. The zero-order valence-corrected chi connectivity index (χ0v) is 15.4. The number of methoxy groups -OCH3 is 1. The van der Waals surface area contributed by atoms with E-state index >= 15 is 0 Å². The smallest absolute Gasteiger partial charge is 0.225 e. The summed E-state index contributed by atoms with van der Waals surface area (Å²) in [7, 11) is 1.53. The van der Waals surface area contributed by atoms with E-state index < -0.39 is 0 Å². The van der Waals surface area contributed by atoms with Crippen molar-refractivity contribution in [3.8, 4) is 17.0 Å². The van der Waals surface area contributed by atoms with Crippen molar-refractivity contribution in [2.75, 3.05) is 7.11 Å². The largest absolute Gasteiger partial charge is 0.480 e. The Balaban J connectivity index is 1.93. The highest BCUT2D eigenvalue weighted by Gasteiger charge is 2.21. The van der Waals surface area contributed by atoms with Gasteiger partial charge in [-0.2, -0.15) is 0 Å². The molecule has 2 heterocycles. The van der Waals surface area contributed by atoms with Gasteiger partial charge in [-0.05, 0) is 35.9 Å². The average Bonchev–Trinajstić information content (AvgIpc) is 2.77. The van der Waals surface area contributed by atoms with Crippen LogP contribution in [0.2, 0.25) is 0 Å². The molecule has 0 aliphatic rings. The Labute approximate surface area is 163 Å². The minimum atomic E-state index is -0.181. The predicted molar refractivity (Wildman–Crippen MR) is 111 cm³/mol. The van der Waals surface area contributed by atoms with Crippen LogP contribution in [0.15, 0.2) is 85.1 Å². The highest BCUT2D eigenvalue weighted by molar-refractivity contribution is 6.16. The number of allylic oxidation sites excluding steroid dienone is 1. The highest BCUT2D eigenvalue weighted by atomic mass is 16.5. The number of carbonyl (C=O) groups is 1. The molecule has 4 nitrogen and oxygen atoms in total. The number of benzene rings is 2. The Kier molecular flexibility index (Phi) is 4.93. The second-order valence-corrected chi connectivity index (χ2v) is 6.21. The molecule has 0 aliphatic heterocycles. The Morgan fingerprint density at radius 2 is 1.68 bits per heavy atom. The maximum absolute atomic E-state index is 13.2. The third-order valence-electron chi connectivity index (χ3n) is 4.45. The van der Waals surface area contributed by atoms with Gasteiger partial charge < -0.3 is 4.74 Å². The van der Waals surface area contributed by atoms with Crippen molar-refractivity contribution in [1.82, 2.24) is 9.97 Å². The molecule has 4 aromatic rings. The van der Waals surface area contributed by atoms with Crippen LogP contribution in [0, 0.1) is 0 Å². The van der Waals surface area contributed by atoms with Gasteiger partial charge >= 0.3 is 0 Å². The quantitative estimate of drug-likeness (QED) is 0.360. The minimum Gasteiger partial charge on any atom is -0.480 e. The molecule has 0 bridgehead atoms. The molecule has 136 valence electrons. The SMILES string of the molecule is COc1nc2ccccc2c(-c2ccccc2)c1C(=O)C=Cc1ccccn1. The van der Waals surface area contributed by atoms with Gasteiger partial charge in [-0.15, -0.1) is 0 Å². The summed E-state index contributed by atoms with van der Waals surface area (Å²) < 4.78 is 5.51. The van der Waals surface area contributed by atoms with E-state index in [1.165, 1.54) is 13.2 Å². The van der Waals surface area contributed by atoms with E-state index in [-0.39, 0.29) is 5.78 Å². The van der Waals surface area contributed by atoms with E-state index in [2.05, 4.69) is 9.97 Å². The highest BCUT2D eigenvalue weighted by Crippen LogP contribution is 2.36. The van der Waals surface area contributed by atoms with Gasteiger partial charge in [-0.25, -0.2) is 4.98 Å². The fraction of sp³-hybridized carbons (Fsp3) is 0.0417. The predicted octanol–water partition coefficient (Wildman–Crippen LogP) is 5.20. The van der Waals surface area contributed by atoms with Gasteiger partial charge in [-0.3, -0.25) is 9.78 Å². The van der Waals surface area contributed by atoms with Crippen molar-refractivity contribution in [1.29, 1.82) is 0 Å². The van der Waals surface area contributed by atoms with Gasteiger partial charge in [0.15, 0.2) is 5.78 Å². The van der Waals surface area contributed by atoms with Crippen LogP contribution in [0.4, 0.5) is 0 Å². The number of aromatic nitrogens is 2. The third-order valence-corrected chi connectivity index (χ3v) is 4.45. The summed E-state index contributed by atoms with van der Waals surface area (Å²) in [5, 5.41) is 0.907. The van der Waals surface area contributed by atoms with Gasteiger partial charge in [0.1, 0.15) is 0 Å². The number of carbonyl (C=O) groups excluding carboxylic acids is 1. The summed E-state index contributed by atoms with van der Waals surface area (Å²) in [5.74, 6) is 0.132. The normalized spacial score (nSPS) is 11.0. The topological polar surface area (TPSA) is 52.1 Å². The van der Waals surface area contributed by atoms with Crippen LogP contribution in [0.5, 0.6) is 5.88 Å². The summed E-state index contributed by atoms with van der Waals surface area (Å²) in [6.45, 7) is 0. The van der Waals surface area contributed by atoms with Crippen molar-refractivity contribution < 1.29 is 9.53 Å². The van der Waals surface area contributed by atoms with Crippen molar-refractivity contribution in [2.45, 2.75) is 0 Å².